The first kappa shape index (κ1) is 47.4. The molecule has 34 heavy (non-hydrogen) atoms. The van der Waals surface area contributed by atoms with Crippen molar-refractivity contribution in [1.82, 2.24) is 0 Å². The Labute approximate surface area is 242 Å². The minimum Gasteiger partial charge on any atom is -0.544 e. The van der Waals surface area contributed by atoms with Crippen molar-refractivity contribution in [3.05, 3.63) is 0 Å². The zero-order valence-electron chi connectivity index (χ0n) is 16.8. The molecule has 0 fully saturated rings. The quantitative estimate of drug-likeness (QED) is 0.0720. The number of carbonyl (C=O) groups is 4. The van der Waals surface area contributed by atoms with Crippen molar-refractivity contribution in [2.45, 2.75) is 23.1 Å². The maximum atomic E-state index is 9.56. The summed E-state index contributed by atoms with van der Waals surface area (Å²) in [4.78, 5) is 38.2. The fourth-order valence-corrected chi connectivity index (χ4v) is 0.655. The van der Waals surface area contributed by atoms with Crippen molar-refractivity contribution in [2.75, 3.05) is 23.5 Å². The monoisotopic (exact) mass is 606 g/mol. The van der Waals surface area contributed by atoms with E-state index in [1.807, 2.05) is 0 Å². The number of aliphatic carboxylic acids is 4. The molecule has 0 unspecified atom stereocenters. The van der Waals surface area contributed by atoms with E-state index in [4.69, 9.17) is 87.3 Å². The molecule has 16 nitrogen and oxygen atoms in total. The second kappa shape index (κ2) is 21.3. The van der Waals surface area contributed by atoms with E-state index in [1.165, 1.54) is 0 Å². The summed E-state index contributed by atoms with van der Waals surface area (Å²) in [5.41, 5.74) is 0. The number of carbonyl (C=O) groups excluding carboxylic acids is 4. The minimum absolute atomic E-state index is 0. The van der Waals surface area contributed by atoms with Crippen LogP contribution in [0, 0.1) is 0 Å². The van der Waals surface area contributed by atoms with Gasteiger partial charge in [0.15, 0.2) is 0 Å². The minimum atomic E-state index is -2.89. The molecule has 0 aromatic rings. The van der Waals surface area contributed by atoms with Gasteiger partial charge in [0.2, 0.25) is 23.1 Å². The Morgan fingerprint density at radius 1 is 0.471 bits per heavy atom. The third-order valence-corrected chi connectivity index (χ3v) is 3.54. The topological polar surface area (TPSA) is 322 Å². The Morgan fingerprint density at radius 2 is 0.559 bits per heavy atom. The number of hydrogen-bond acceptors (Lipinski definition) is 16. The Balaban J connectivity index is -0.0000000754. The number of hydrogen-bond donors (Lipinski definition) is 8. The molecule has 0 bridgehead atoms. The average Bonchev–Trinajstić information content (AvgIpc) is 2.68. The van der Waals surface area contributed by atoms with Gasteiger partial charge in [-0.25, -0.2) is 0 Å². The van der Waals surface area contributed by atoms with E-state index in [9.17, 15) is 39.6 Å². The summed E-state index contributed by atoms with van der Waals surface area (Å²) in [5, 5.41) is 104. The smallest absolute Gasteiger partial charge is 0.544 e. The molecule has 0 aliphatic rings. The summed E-state index contributed by atoms with van der Waals surface area (Å²) in [7, 11) is 0. The molecule has 0 spiro atoms. The first-order valence-corrected chi connectivity index (χ1v) is 9.04. The SMILES string of the molecule is O=C([O-])C(O)(O)CCl.O=C([O-])C(O)(O)CCl.O=C([O-])C(O)(O)CCl.O=C([O-])C(O)(O)CCl.[Al+3].[Na+]. The maximum Gasteiger partial charge on any atom is 3.00 e. The molecule has 0 aromatic heterocycles. The molecule has 0 aromatic carbocycles. The molecular weight excluding hydrogens is 592 g/mol. The molecule has 0 saturated carbocycles. The standard InChI is InChI=1S/4C3H5ClO4.Al.Na/c4*4-1-3(7,8)2(5)6;;/h4*7-8H,1H2,(H,5,6);;/q;;;;+3;+1/p-4. The fraction of sp³-hybridized carbons (Fsp3) is 0.667. The summed E-state index contributed by atoms with van der Waals surface area (Å²) in [6.07, 6.45) is 0. The summed E-state index contributed by atoms with van der Waals surface area (Å²) in [6, 6.07) is 0. The van der Waals surface area contributed by atoms with Gasteiger partial charge >= 0.3 is 46.9 Å². The molecule has 8 N–H and O–H groups in total. The predicted octanol–water partition coefficient (Wildman–Crippen LogP) is -12.8. The van der Waals surface area contributed by atoms with Gasteiger partial charge in [-0.2, -0.15) is 0 Å². The summed E-state index contributed by atoms with van der Waals surface area (Å²) in [5.74, 6) is -22.7. The first-order valence-electron chi connectivity index (χ1n) is 6.91. The van der Waals surface area contributed by atoms with Crippen molar-refractivity contribution in [3.63, 3.8) is 0 Å². The Hall–Kier alpha value is 0.252. The van der Waals surface area contributed by atoms with Crippen LogP contribution in [0.4, 0.5) is 0 Å². The zero-order valence-corrected chi connectivity index (χ0v) is 22.9. The summed E-state index contributed by atoms with van der Waals surface area (Å²) in [6.45, 7) is 0. The van der Waals surface area contributed by atoms with Crippen molar-refractivity contribution in [2.24, 2.45) is 0 Å². The third kappa shape index (κ3) is 24.0. The van der Waals surface area contributed by atoms with Gasteiger partial charge in [-0.05, 0) is 0 Å². The zero-order chi connectivity index (χ0) is 27.1. The van der Waals surface area contributed by atoms with Crippen molar-refractivity contribution < 1.29 is 110 Å². The molecule has 0 saturated heterocycles. The van der Waals surface area contributed by atoms with E-state index in [-0.39, 0.29) is 46.9 Å². The number of halogens is 4. The van der Waals surface area contributed by atoms with Crippen molar-refractivity contribution in [1.29, 1.82) is 0 Å². The maximum absolute atomic E-state index is 9.56. The molecule has 0 heterocycles. The van der Waals surface area contributed by atoms with E-state index in [0.717, 1.165) is 0 Å². The number of carboxylic acids is 4. The first-order chi connectivity index (χ1) is 14.0. The number of aliphatic hydroxyl groups is 8. The van der Waals surface area contributed by atoms with Gasteiger partial charge in [0.25, 0.3) is 0 Å². The molecule has 192 valence electrons. The van der Waals surface area contributed by atoms with Crippen LogP contribution in [0.1, 0.15) is 0 Å². The van der Waals surface area contributed by atoms with Gasteiger partial charge in [-0.1, -0.05) is 0 Å². The van der Waals surface area contributed by atoms with Gasteiger partial charge in [0, 0.05) is 0 Å². The Morgan fingerprint density at radius 3 is 0.559 bits per heavy atom. The molecule has 0 aliphatic carbocycles. The van der Waals surface area contributed by atoms with Gasteiger partial charge in [-0.3, -0.25) is 0 Å². The van der Waals surface area contributed by atoms with Crippen LogP contribution in [0.3, 0.4) is 0 Å². The number of rotatable bonds is 8. The Kier molecular flexibility index (Phi) is 29.8. The van der Waals surface area contributed by atoms with Crippen LogP contribution in [-0.4, -0.2) is 129 Å². The van der Waals surface area contributed by atoms with Gasteiger partial charge in [0.05, 0.1) is 23.5 Å². The average molecular weight is 608 g/mol. The van der Waals surface area contributed by atoms with Crippen LogP contribution >= 0.6 is 46.4 Å². The van der Waals surface area contributed by atoms with Crippen LogP contribution in [0.2, 0.25) is 0 Å². The van der Waals surface area contributed by atoms with Crippen LogP contribution in [0.15, 0.2) is 0 Å². The summed E-state index contributed by atoms with van der Waals surface area (Å²) >= 11 is 19.1. The second-order valence-corrected chi connectivity index (χ2v) is 6.02. The predicted molar refractivity (Wildman–Crippen MR) is 97.3 cm³/mol. The molecule has 0 aliphatic heterocycles. The van der Waals surface area contributed by atoms with E-state index in [0.29, 0.717) is 0 Å². The van der Waals surface area contributed by atoms with Crippen LogP contribution in [0.5, 0.6) is 0 Å². The normalized spacial score (nSPS) is 10.7. The molecule has 0 amide bonds. The fourth-order valence-electron chi connectivity index (χ4n) is 0.218. The van der Waals surface area contributed by atoms with E-state index >= 15 is 0 Å². The van der Waals surface area contributed by atoms with Crippen molar-refractivity contribution >= 4 is 87.6 Å². The Bertz CT molecular complexity index is 515. The van der Waals surface area contributed by atoms with Gasteiger partial charge in [0.1, 0.15) is 23.9 Å². The number of carboxylic acid groups (broad SMARTS) is 4. The molecule has 0 radical (unpaired) electrons. The van der Waals surface area contributed by atoms with Gasteiger partial charge in [-0.15, -0.1) is 46.4 Å². The van der Waals surface area contributed by atoms with Crippen LogP contribution < -0.4 is 50.0 Å². The van der Waals surface area contributed by atoms with E-state index in [2.05, 4.69) is 0 Å². The molecular formula is C12H16AlCl4NaO16. The van der Waals surface area contributed by atoms with E-state index in [1.54, 1.807) is 0 Å². The third-order valence-electron chi connectivity index (χ3n) is 2.05. The van der Waals surface area contributed by atoms with Crippen LogP contribution in [-0.2, 0) is 19.2 Å². The molecule has 0 atom stereocenters. The van der Waals surface area contributed by atoms with Gasteiger partial charge < -0.3 is 80.5 Å². The summed E-state index contributed by atoms with van der Waals surface area (Å²) < 4.78 is 0. The molecule has 22 heteroatoms. The van der Waals surface area contributed by atoms with Crippen molar-refractivity contribution in [3.8, 4) is 0 Å². The second-order valence-electron chi connectivity index (χ2n) is 4.95. The largest absolute Gasteiger partial charge is 3.00 e. The van der Waals surface area contributed by atoms with E-state index < -0.39 is 70.5 Å². The molecule has 0 rings (SSSR count). The number of alkyl halides is 4. The van der Waals surface area contributed by atoms with Crippen LogP contribution in [0.25, 0.3) is 0 Å².